The molecule has 1 aliphatic heterocycles. The van der Waals surface area contributed by atoms with E-state index in [0.717, 1.165) is 61.3 Å². The molecule has 2 N–H and O–H groups in total. The highest BCUT2D eigenvalue weighted by Crippen LogP contribution is 2.14. The van der Waals surface area contributed by atoms with Gasteiger partial charge in [0.2, 0.25) is 0 Å². The summed E-state index contributed by atoms with van der Waals surface area (Å²) in [7, 11) is 5.11. The van der Waals surface area contributed by atoms with Gasteiger partial charge in [0.1, 0.15) is 18.2 Å². The fourth-order valence-electron chi connectivity index (χ4n) is 3.35. The van der Waals surface area contributed by atoms with E-state index in [1.165, 1.54) is 0 Å². The van der Waals surface area contributed by atoms with Crippen LogP contribution in [0.15, 0.2) is 29.3 Å². The Morgan fingerprint density at radius 3 is 2.80 bits per heavy atom. The number of ether oxygens (including phenoxy) is 3. The summed E-state index contributed by atoms with van der Waals surface area (Å²) < 4.78 is 18.0. The zero-order valence-corrected chi connectivity index (χ0v) is 18.1. The minimum absolute atomic E-state index is 0.270. The van der Waals surface area contributed by atoms with Gasteiger partial charge in [-0.25, -0.2) is 9.67 Å². The Bertz CT molecular complexity index is 806. The fraction of sp³-hybridized carbons (Fsp3) is 0.571. The number of aryl methyl sites for hydroxylation is 1. The SMILES string of the molecule is CN=C(NCCCOCc1ccc(OC)cc1)NC1CCc2nc(COC)nn2C1. The highest BCUT2D eigenvalue weighted by atomic mass is 16.5. The van der Waals surface area contributed by atoms with E-state index < -0.39 is 0 Å². The summed E-state index contributed by atoms with van der Waals surface area (Å²) in [6.45, 7) is 3.30. The van der Waals surface area contributed by atoms with E-state index in [1.54, 1.807) is 21.3 Å². The molecule has 0 amide bonds. The molecule has 2 heterocycles. The normalized spacial score (nSPS) is 16.2. The van der Waals surface area contributed by atoms with E-state index in [9.17, 15) is 0 Å². The average molecular weight is 417 g/mol. The van der Waals surface area contributed by atoms with E-state index in [0.29, 0.717) is 19.8 Å². The maximum Gasteiger partial charge on any atom is 0.191 e. The Morgan fingerprint density at radius 2 is 2.07 bits per heavy atom. The molecule has 0 bridgehead atoms. The molecular formula is C21H32N6O3. The number of methoxy groups -OCH3 is 2. The first kappa shape index (κ1) is 22.0. The zero-order chi connectivity index (χ0) is 21.2. The van der Waals surface area contributed by atoms with Crippen LogP contribution in [0.2, 0.25) is 0 Å². The van der Waals surface area contributed by atoms with Crippen molar-refractivity contribution in [1.82, 2.24) is 25.4 Å². The molecular weight excluding hydrogens is 384 g/mol. The number of aromatic nitrogens is 3. The van der Waals surface area contributed by atoms with Crippen molar-refractivity contribution in [2.75, 3.05) is 34.4 Å². The Morgan fingerprint density at radius 1 is 1.23 bits per heavy atom. The molecule has 0 saturated heterocycles. The number of rotatable bonds is 10. The van der Waals surface area contributed by atoms with Gasteiger partial charge in [0.05, 0.1) is 20.3 Å². The molecule has 3 rings (SSSR count). The third-order valence-electron chi connectivity index (χ3n) is 4.93. The number of fused-ring (bicyclic) bond motifs is 1. The molecule has 1 atom stereocenters. The van der Waals surface area contributed by atoms with Gasteiger partial charge in [0.15, 0.2) is 11.8 Å². The van der Waals surface area contributed by atoms with Gasteiger partial charge in [0, 0.05) is 39.8 Å². The molecule has 9 heteroatoms. The van der Waals surface area contributed by atoms with E-state index in [2.05, 4.69) is 25.7 Å². The van der Waals surface area contributed by atoms with Crippen molar-refractivity contribution < 1.29 is 14.2 Å². The van der Waals surface area contributed by atoms with Crippen molar-refractivity contribution >= 4 is 5.96 Å². The molecule has 0 aliphatic carbocycles. The lowest BCUT2D eigenvalue weighted by Gasteiger charge is -2.25. The van der Waals surface area contributed by atoms with Gasteiger partial charge in [-0.1, -0.05) is 12.1 Å². The summed E-state index contributed by atoms with van der Waals surface area (Å²) in [5, 5.41) is 11.3. The smallest absolute Gasteiger partial charge is 0.191 e. The highest BCUT2D eigenvalue weighted by Gasteiger charge is 2.22. The van der Waals surface area contributed by atoms with Crippen LogP contribution >= 0.6 is 0 Å². The van der Waals surface area contributed by atoms with Gasteiger partial charge in [-0.15, -0.1) is 0 Å². The Labute approximate surface area is 177 Å². The van der Waals surface area contributed by atoms with Crippen LogP contribution in [0.3, 0.4) is 0 Å². The molecule has 2 aromatic rings. The van der Waals surface area contributed by atoms with Crippen molar-refractivity contribution in [3.8, 4) is 5.75 Å². The molecule has 164 valence electrons. The maximum absolute atomic E-state index is 5.75. The molecule has 9 nitrogen and oxygen atoms in total. The lowest BCUT2D eigenvalue weighted by atomic mass is 10.1. The molecule has 1 aliphatic rings. The van der Waals surface area contributed by atoms with Crippen LogP contribution < -0.4 is 15.4 Å². The highest BCUT2D eigenvalue weighted by molar-refractivity contribution is 5.79. The largest absolute Gasteiger partial charge is 0.497 e. The Balaban J connectivity index is 1.32. The second-order valence-electron chi connectivity index (χ2n) is 7.19. The summed E-state index contributed by atoms with van der Waals surface area (Å²) in [5.74, 6) is 3.42. The van der Waals surface area contributed by atoms with Crippen LogP contribution in [-0.2, 0) is 35.7 Å². The van der Waals surface area contributed by atoms with Crippen LogP contribution in [0.25, 0.3) is 0 Å². The van der Waals surface area contributed by atoms with Crippen molar-refractivity contribution in [3.05, 3.63) is 41.5 Å². The summed E-state index contributed by atoms with van der Waals surface area (Å²) in [6, 6.07) is 8.20. The fourth-order valence-corrected chi connectivity index (χ4v) is 3.35. The van der Waals surface area contributed by atoms with Gasteiger partial charge in [-0.2, -0.15) is 5.10 Å². The van der Waals surface area contributed by atoms with E-state index >= 15 is 0 Å². The number of aliphatic imine (C=N–C) groups is 1. The van der Waals surface area contributed by atoms with E-state index in [4.69, 9.17) is 14.2 Å². The first-order valence-electron chi connectivity index (χ1n) is 10.3. The third kappa shape index (κ3) is 6.43. The summed E-state index contributed by atoms with van der Waals surface area (Å²) in [6.07, 6.45) is 2.79. The molecule has 1 unspecified atom stereocenters. The van der Waals surface area contributed by atoms with Crippen molar-refractivity contribution in [2.45, 2.75) is 45.1 Å². The van der Waals surface area contributed by atoms with Crippen molar-refractivity contribution in [2.24, 2.45) is 4.99 Å². The summed E-state index contributed by atoms with van der Waals surface area (Å²) in [4.78, 5) is 8.85. The molecule has 0 saturated carbocycles. The van der Waals surface area contributed by atoms with Gasteiger partial charge in [0.25, 0.3) is 0 Å². The molecule has 1 aromatic heterocycles. The second-order valence-corrected chi connectivity index (χ2v) is 7.19. The Hall–Kier alpha value is -2.65. The number of nitrogens with one attached hydrogen (secondary N) is 2. The molecule has 30 heavy (non-hydrogen) atoms. The lowest BCUT2D eigenvalue weighted by Crippen LogP contribution is -2.47. The van der Waals surface area contributed by atoms with Gasteiger partial charge < -0.3 is 24.8 Å². The van der Waals surface area contributed by atoms with E-state index in [1.807, 2.05) is 28.9 Å². The van der Waals surface area contributed by atoms with Crippen LogP contribution in [0.4, 0.5) is 0 Å². The number of benzene rings is 1. The van der Waals surface area contributed by atoms with Gasteiger partial charge in [-0.3, -0.25) is 4.99 Å². The third-order valence-corrected chi connectivity index (χ3v) is 4.93. The molecule has 1 aromatic carbocycles. The van der Waals surface area contributed by atoms with Crippen LogP contribution in [-0.4, -0.2) is 61.2 Å². The predicted octanol–water partition coefficient (Wildman–Crippen LogP) is 1.52. The minimum atomic E-state index is 0.270. The molecule has 0 spiro atoms. The monoisotopic (exact) mass is 416 g/mol. The van der Waals surface area contributed by atoms with Gasteiger partial charge in [-0.05, 0) is 30.5 Å². The number of hydrogen-bond acceptors (Lipinski definition) is 6. The topological polar surface area (TPSA) is 94.8 Å². The average Bonchev–Trinajstić information content (AvgIpc) is 3.17. The number of hydrogen-bond donors (Lipinski definition) is 2. The number of nitrogens with zero attached hydrogens (tertiary/aromatic N) is 4. The minimum Gasteiger partial charge on any atom is -0.497 e. The first-order valence-corrected chi connectivity index (χ1v) is 10.3. The maximum atomic E-state index is 5.75. The van der Waals surface area contributed by atoms with E-state index in [-0.39, 0.29) is 6.04 Å². The van der Waals surface area contributed by atoms with Gasteiger partial charge >= 0.3 is 0 Å². The van der Waals surface area contributed by atoms with Crippen LogP contribution in [0.5, 0.6) is 5.75 Å². The lowest BCUT2D eigenvalue weighted by molar-refractivity contribution is 0.119. The first-order chi connectivity index (χ1) is 14.7. The zero-order valence-electron chi connectivity index (χ0n) is 18.1. The van der Waals surface area contributed by atoms with Crippen molar-refractivity contribution in [1.29, 1.82) is 0 Å². The van der Waals surface area contributed by atoms with Crippen LogP contribution in [0, 0.1) is 0 Å². The Kier molecular flexibility index (Phi) is 8.46. The standard InChI is InChI=1S/C21H32N6O3/c1-22-21(23-11-4-12-30-14-16-5-8-18(29-3)9-6-16)24-17-7-10-20-25-19(15-28-2)26-27(20)13-17/h5-6,8-9,17H,4,7,10-15H2,1-3H3,(H2,22,23,24). The second kappa shape index (κ2) is 11.5. The quantitative estimate of drug-likeness (QED) is 0.344. The predicted molar refractivity (Wildman–Crippen MR) is 115 cm³/mol. The van der Waals surface area contributed by atoms with Crippen molar-refractivity contribution in [3.63, 3.8) is 0 Å². The summed E-state index contributed by atoms with van der Waals surface area (Å²) >= 11 is 0. The van der Waals surface area contributed by atoms with Crippen LogP contribution in [0.1, 0.15) is 30.1 Å². The molecule has 0 fully saturated rings. The molecule has 0 radical (unpaired) electrons. The number of guanidine groups is 1. The summed E-state index contributed by atoms with van der Waals surface area (Å²) in [5.41, 5.74) is 1.14.